The van der Waals surface area contributed by atoms with Crippen molar-refractivity contribution in [1.82, 2.24) is 13.7 Å². The first-order valence-electron chi connectivity index (χ1n) is 24.7. The summed E-state index contributed by atoms with van der Waals surface area (Å²) in [5.41, 5.74) is 14.2. The molecular weight excluding hydrogens is 901 g/mol. The zero-order valence-corrected chi connectivity index (χ0v) is 39.5. The van der Waals surface area contributed by atoms with E-state index < -0.39 is 0 Å². The molecule has 0 bridgehead atoms. The van der Waals surface area contributed by atoms with Crippen LogP contribution in [0.3, 0.4) is 0 Å². The van der Waals surface area contributed by atoms with Gasteiger partial charge in [0.1, 0.15) is 11.6 Å². The number of benzene rings is 10. The molecule has 0 amide bonds. The van der Waals surface area contributed by atoms with Gasteiger partial charge in [0, 0.05) is 66.7 Å². The molecule has 13 aromatic rings. The molecule has 0 saturated carbocycles. The smallest absolute Gasteiger partial charge is 0.147 e. The number of para-hydroxylation sites is 7. The van der Waals surface area contributed by atoms with Crippen molar-refractivity contribution in [2.24, 2.45) is 0 Å². The van der Waals surface area contributed by atoms with E-state index >= 15 is 8.78 Å². The van der Waals surface area contributed by atoms with Crippen molar-refractivity contribution >= 4 is 89.0 Å². The molecular formula is C66H45F2N5. The Balaban J connectivity index is 0.966. The van der Waals surface area contributed by atoms with Crippen LogP contribution < -0.4 is 9.80 Å². The SMILES string of the molecule is Fc1ccccc1N(c1ccc2c(c1)c1ccccc1n2-c1ccccc1)c1ccc2c(c1)c1cc(N(c3ccccc3F)C3C=Cc4c(c5ccccc5n4-c4ccccc4)C3)ccc1n2-c1ccccc1. The maximum atomic E-state index is 16.5. The Labute approximate surface area is 420 Å². The van der Waals surface area contributed by atoms with Crippen LogP contribution in [0.4, 0.5) is 37.2 Å². The standard InChI is InChI=1S/C66H45F2N5/c67-57-26-12-16-30-65(57)69(47-32-36-61-53(40-47)51-24-10-14-28-59(51)71(61)44-18-4-1-5-19-44)49-34-38-63-55(42-49)56-43-50(35-39-64(56)73(63)46-22-8-3-9-23-46)70(66-31-17-13-27-58(66)68)48-33-37-62-54(41-48)52-25-11-15-29-60(52)72(62)45-20-6-2-7-21-45/h1-40,42-43,48H,41H2. The summed E-state index contributed by atoms with van der Waals surface area (Å²) in [7, 11) is 0. The van der Waals surface area contributed by atoms with Crippen LogP contribution in [0, 0.1) is 11.6 Å². The van der Waals surface area contributed by atoms with Crippen molar-refractivity contribution in [3.8, 4) is 17.1 Å². The topological polar surface area (TPSA) is 21.3 Å². The van der Waals surface area contributed by atoms with Crippen LogP contribution in [0.5, 0.6) is 0 Å². The van der Waals surface area contributed by atoms with Gasteiger partial charge in [-0.15, -0.1) is 0 Å². The number of rotatable bonds is 9. The Hall–Kier alpha value is -9.46. The molecule has 0 fully saturated rings. The minimum atomic E-state index is -0.334. The first kappa shape index (κ1) is 42.4. The number of hydrogen-bond acceptors (Lipinski definition) is 2. The molecule has 1 unspecified atom stereocenters. The Kier molecular flexibility index (Phi) is 9.96. The highest BCUT2D eigenvalue weighted by Crippen LogP contribution is 2.45. The van der Waals surface area contributed by atoms with Gasteiger partial charge in [0.05, 0.1) is 45.0 Å². The molecule has 10 aromatic carbocycles. The number of halogens is 2. The fraction of sp³-hybridized carbons (Fsp3) is 0.0303. The average Bonchev–Trinajstić information content (AvgIpc) is 4.08. The van der Waals surface area contributed by atoms with E-state index in [2.05, 4.69) is 207 Å². The summed E-state index contributed by atoms with van der Waals surface area (Å²) in [6.07, 6.45) is 5.09. The average molecular weight is 946 g/mol. The van der Waals surface area contributed by atoms with Crippen molar-refractivity contribution in [3.63, 3.8) is 0 Å². The second-order valence-electron chi connectivity index (χ2n) is 18.8. The highest BCUT2D eigenvalue weighted by molar-refractivity contribution is 6.13. The highest BCUT2D eigenvalue weighted by Gasteiger charge is 2.30. The molecule has 3 heterocycles. The lowest BCUT2D eigenvalue weighted by molar-refractivity contribution is 0.618. The van der Waals surface area contributed by atoms with Crippen molar-refractivity contribution in [1.29, 1.82) is 0 Å². The Morgan fingerprint density at radius 1 is 0.356 bits per heavy atom. The van der Waals surface area contributed by atoms with Gasteiger partial charge in [0.15, 0.2) is 0 Å². The van der Waals surface area contributed by atoms with Gasteiger partial charge in [-0.1, -0.05) is 121 Å². The molecule has 1 atom stereocenters. The van der Waals surface area contributed by atoms with Crippen LogP contribution >= 0.6 is 0 Å². The molecule has 14 rings (SSSR count). The van der Waals surface area contributed by atoms with Gasteiger partial charge in [-0.2, -0.15) is 0 Å². The fourth-order valence-corrected chi connectivity index (χ4v) is 11.5. The molecule has 0 aliphatic heterocycles. The summed E-state index contributed by atoms with van der Waals surface area (Å²) in [4.78, 5) is 4.19. The Morgan fingerprint density at radius 2 is 0.767 bits per heavy atom. The van der Waals surface area contributed by atoms with E-state index in [1.54, 1.807) is 18.2 Å². The molecule has 5 nitrogen and oxygen atoms in total. The normalized spacial score (nSPS) is 13.4. The van der Waals surface area contributed by atoms with Gasteiger partial charge in [-0.25, -0.2) is 8.78 Å². The van der Waals surface area contributed by atoms with Crippen molar-refractivity contribution in [3.05, 3.63) is 272 Å². The molecule has 3 aromatic heterocycles. The number of aromatic nitrogens is 3. The quantitative estimate of drug-likeness (QED) is 0.144. The van der Waals surface area contributed by atoms with Gasteiger partial charge >= 0.3 is 0 Å². The molecule has 0 spiro atoms. The van der Waals surface area contributed by atoms with Crippen LogP contribution in [-0.4, -0.2) is 19.7 Å². The molecule has 1 aliphatic carbocycles. The predicted octanol–water partition coefficient (Wildman–Crippen LogP) is 17.3. The second kappa shape index (κ2) is 17.1. The molecule has 7 heteroatoms. The summed E-state index contributed by atoms with van der Waals surface area (Å²) in [5, 5.41) is 5.30. The maximum Gasteiger partial charge on any atom is 0.147 e. The molecule has 1 aliphatic rings. The van der Waals surface area contributed by atoms with E-state index in [9.17, 15) is 0 Å². The van der Waals surface area contributed by atoms with Gasteiger partial charge in [0.2, 0.25) is 0 Å². The molecule has 0 saturated heterocycles. The van der Waals surface area contributed by atoms with Crippen molar-refractivity contribution in [2.75, 3.05) is 9.80 Å². The lowest BCUT2D eigenvalue weighted by Gasteiger charge is -2.34. The number of fused-ring (bicyclic) bond motifs is 9. The predicted molar refractivity (Wildman–Crippen MR) is 298 cm³/mol. The third-order valence-electron chi connectivity index (χ3n) is 14.7. The summed E-state index contributed by atoms with van der Waals surface area (Å²) >= 11 is 0. The molecule has 0 N–H and O–H groups in total. The molecule has 0 radical (unpaired) electrons. The molecule has 348 valence electrons. The van der Waals surface area contributed by atoms with Crippen LogP contribution in [0.15, 0.2) is 249 Å². The number of hydrogen-bond donors (Lipinski definition) is 0. The largest absolute Gasteiger partial charge is 0.332 e. The third kappa shape index (κ3) is 6.88. The third-order valence-corrected chi connectivity index (χ3v) is 14.7. The minimum Gasteiger partial charge on any atom is -0.332 e. The Morgan fingerprint density at radius 3 is 1.33 bits per heavy atom. The van der Waals surface area contributed by atoms with Crippen LogP contribution in [0.25, 0.3) is 77.7 Å². The maximum absolute atomic E-state index is 16.5. The number of anilines is 5. The van der Waals surface area contributed by atoms with E-state index in [0.29, 0.717) is 17.8 Å². The van der Waals surface area contributed by atoms with E-state index in [4.69, 9.17) is 0 Å². The lowest BCUT2D eigenvalue weighted by atomic mass is 9.94. The van der Waals surface area contributed by atoms with Crippen LogP contribution in [0.1, 0.15) is 11.3 Å². The highest BCUT2D eigenvalue weighted by atomic mass is 19.1. The molecule has 73 heavy (non-hydrogen) atoms. The van der Waals surface area contributed by atoms with Gasteiger partial charge in [-0.3, -0.25) is 0 Å². The van der Waals surface area contributed by atoms with Gasteiger partial charge < -0.3 is 23.5 Å². The van der Waals surface area contributed by atoms with Gasteiger partial charge in [-0.05, 0) is 145 Å². The second-order valence-corrected chi connectivity index (χ2v) is 18.8. The van der Waals surface area contributed by atoms with E-state index in [1.165, 1.54) is 17.0 Å². The van der Waals surface area contributed by atoms with Crippen LogP contribution in [0.2, 0.25) is 0 Å². The van der Waals surface area contributed by atoms with Crippen molar-refractivity contribution in [2.45, 2.75) is 12.5 Å². The zero-order valence-electron chi connectivity index (χ0n) is 39.5. The van der Waals surface area contributed by atoms with E-state index in [1.807, 2.05) is 47.4 Å². The summed E-state index contributed by atoms with van der Waals surface area (Å²) in [6.45, 7) is 0. The monoisotopic (exact) mass is 945 g/mol. The van der Waals surface area contributed by atoms with Gasteiger partial charge in [0.25, 0.3) is 0 Å². The zero-order chi connectivity index (χ0) is 48.6. The fourth-order valence-electron chi connectivity index (χ4n) is 11.5. The van der Waals surface area contributed by atoms with E-state index in [-0.39, 0.29) is 17.7 Å². The summed E-state index contributed by atoms with van der Waals surface area (Å²) in [6, 6.07) is 81.5. The first-order chi connectivity index (χ1) is 36.1. The summed E-state index contributed by atoms with van der Waals surface area (Å²) in [5.74, 6) is -0.633. The summed E-state index contributed by atoms with van der Waals surface area (Å²) < 4.78 is 39.9. The lowest BCUT2D eigenvalue weighted by Crippen LogP contribution is -2.33. The van der Waals surface area contributed by atoms with E-state index in [0.717, 1.165) is 88.9 Å². The first-order valence-corrected chi connectivity index (χ1v) is 24.7. The van der Waals surface area contributed by atoms with Crippen LogP contribution in [-0.2, 0) is 6.42 Å². The minimum absolute atomic E-state index is 0.228. The number of nitrogens with zero attached hydrogens (tertiary/aromatic N) is 5. The Bertz CT molecular complexity index is 4280. The van der Waals surface area contributed by atoms with Crippen molar-refractivity contribution < 1.29 is 8.78 Å².